The Morgan fingerprint density at radius 2 is 0.797 bits per heavy atom. The van der Waals surface area contributed by atoms with Gasteiger partial charge in [0, 0.05) is 37.6 Å². The molecule has 3 heterocycles. The van der Waals surface area contributed by atoms with E-state index in [1.807, 2.05) is 11.8 Å². The number of benzene rings is 10. The fourth-order valence-corrected chi connectivity index (χ4v) is 11.8. The van der Waals surface area contributed by atoms with E-state index in [9.17, 15) is 0 Å². The lowest BCUT2D eigenvalue weighted by Gasteiger charge is -2.45. The van der Waals surface area contributed by atoms with Crippen molar-refractivity contribution >= 4 is 50.6 Å². The SMILES string of the molecule is c1ccc(-c2ccc(N(c3ccc(-c4ccccc4)cc3)c3ccc(-c4ccc5c(c4)C4(c6ccccc6S5)c5ccccc5-n5c6ccccc6c6cccc4c65)cc3)cc2)cc1. The number of fused-ring (bicyclic) bond motifs is 11. The maximum absolute atomic E-state index is 2.52. The maximum atomic E-state index is 2.52. The van der Waals surface area contributed by atoms with Crippen LogP contribution in [-0.4, -0.2) is 4.57 Å². The molecule has 3 heteroatoms. The largest absolute Gasteiger partial charge is 0.311 e. The summed E-state index contributed by atoms with van der Waals surface area (Å²) < 4.78 is 2.52. The van der Waals surface area contributed by atoms with Gasteiger partial charge in [0.25, 0.3) is 0 Å². The Bertz CT molecular complexity index is 3470. The highest BCUT2D eigenvalue weighted by molar-refractivity contribution is 7.99. The molecule has 0 radical (unpaired) electrons. The van der Waals surface area contributed by atoms with Crippen molar-refractivity contribution in [3.8, 4) is 39.1 Å². The molecule has 1 unspecified atom stereocenters. The van der Waals surface area contributed by atoms with E-state index in [0.717, 1.165) is 17.1 Å². The summed E-state index contributed by atoms with van der Waals surface area (Å²) in [4.78, 5) is 4.96. The number of nitrogens with zero attached hydrogens (tertiary/aromatic N) is 2. The van der Waals surface area contributed by atoms with Crippen LogP contribution in [0.1, 0.15) is 22.3 Å². The van der Waals surface area contributed by atoms with Crippen molar-refractivity contribution in [1.82, 2.24) is 4.57 Å². The molecule has 2 aliphatic rings. The molecular weight excluding hydrogens is 793 g/mol. The molecule has 0 amide bonds. The van der Waals surface area contributed by atoms with Gasteiger partial charge in [-0.2, -0.15) is 0 Å². The lowest BCUT2D eigenvalue weighted by atomic mass is 9.62. The minimum Gasteiger partial charge on any atom is -0.311 e. The Hall–Kier alpha value is -7.85. The minimum atomic E-state index is -0.526. The number of aromatic nitrogens is 1. The Labute approximate surface area is 377 Å². The van der Waals surface area contributed by atoms with Gasteiger partial charge >= 0.3 is 0 Å². The summed E-state index contributed by atoms with van der Waals surface area (Å²) in [5.74, 6) is 0. The Balaban J connectivity index is 0.957. The predicted molar refractivity (Wildman–Crippen MR) is 268 cm³/mol. The highest BCUT2D eigenvalue weighted by atomic mass is 32.2. The van der Waals surface area contributed by atoms with Crippen LogP contribution in [0.15, 0.2) is 252 Å². The second-order valence-corrected chi connectivity index (χ2v) is 17.9. The molecule has 0 fully saturated rings. The third-order valence-corrected chi connectivity index (χ3v) is 14.6. The average molecular weight is 833 g/mol. The van der Waals surface area contributed by atoms with Gasteiger partial charge in [-0.25, -0.2) is 0 Å². The fraction of sp³-hybridized carbons (Fsp3) is 0.0164. The number of hydrogen-bond acceptors (Lipinski definition) is 2. The van der Waals surface area contributed by atoms with Gasteiger partial charge in [0.1, 0.15) is 0 Å². The quantitative estimate of drug-likeness (QED) is 0.165. The van der Waals surface area contributed by atoms with Crippen LogP contribution < -0.4 is 4.90 Å². The zero-order chi connectivity index (χ0) is 42.2. The topological polar surface area (TPSA) is 8.17 Å². The first-order valence-electron chi connectivity index (χ1n) is 22.0. The first-order chi connectivity index (χ1) is 31.7. The third kappa shape index (κ3) is 5.54. The van der Waals surface area contributed by atoms with Crippen LogP contribution in [0.25, 0.3) is 60.9 Å². The zero-order valence-electron chi connectivity index (χ0n) is 34.9. The molecule has 0 saturated heterocycles. The molecule has 1 atom stereocenters. The van der Waals surface area contributed by atoms with Crippen molar-refractivity contribution < 1.29 is 0 Å². The van der Waals surface area contributed by atoms with Crippen molar-refractivity contribution in [1.29, 1.82) is 0 Å². The molecule has 0 bridgehead atoms. The van der Waals surface area contributed by atoms with E-state index in [1.165, 1.54) is 92.9 Å². The molecule has 0 saturated carbocycles. The molecule has 1 spiro atoms. The summed E-state index contributed by atoms with van der Waals surface area (Å²) in [6.07, 6.45) is 0. The second-order valence-electron chi connectivity index (χ2n) is 16.8. The third-order valence-electron chi connectivity index (χ3n) is 13.5. The molecule has 13 rings (SSSR count). The predicted octanol–water partition coefficient (Wildman–Crippen LogP) is 16.4. The van der Waals surface area contributed by atoms with Gasteiger partial charge in [-0.3, -0.25) is 0 Å². The lowest BCUT2D eigenvalue weighted by Crippen LogP contribution is -2.37. The zero-order valence-corrected chi connectivity index (χ0v) is 35.7. The minimum absolute atomic E-state index is 0.526. The van der Waals surface area contributed by atoms with Crippen LogP contribution >= 0.6 is 11.8 Å². The van der Waals surface area contributed by atoms with Crippen molar-refractivity contribution in [3.63, 3.8) is 0 Å². The van der Waals surface area contributed by atoms with E-state index in [4.69, 9.17) is 0 Å². The first-order valence-corrected chi connectivity index (χ1v) is 22.8. The van der Waals surface area contributed by atoms with E-state index in [1.54, 1.807) is 0 Å². The van der Waals surface area contributed by atoms with Crippen molar-refractivity contribution in [2.75, 3.05) is 4.90 Å². The fourth-order valence-electron chi connectivity index (χ4n) is 10.6. The maximum Gasteiger partial charge on any atom is 0.0764 e. The van der Waals surface area contributed by atoms with E-state index in [-0.39, 0.29) is 0 Å². The van der Waals surface area contributed by atoms with Crippen LogP contribution in [-0.2, 0) is 5.41 Å². The molecule has 11 aromatic rings. The van der Waals surface area contributed by atoms with E-state index < -0.39 is 5.41 Å². The molecule has 0 N–H and O–H groups in total. The van der Waals surface area contributed by atoms with Gasteiger partial charge in [0.2, 0.25) is 0 Å². The number of para-hydroxylation sites is 3. The Kier molecular flexibility index (Phi) is 8.40. The summed E-state index contributed by atoms with van der Waals surface area (Å²) in [5, 5.41) is 2.58. The molecule has 10 aromatic carbocycles. The molecule has 2 aliphatic heterocycles. The molecule has 2 nitrogen and oxygen atoms in total. The summed E-state index contributed by atoms with van der Waals surface area (Å²) >= 11 is 1.89. The van der Waals surface area contributed by atoms with Crippen molar-refractivity contribution in [2.24, 2.45) is 0 Å². The summed E-state index contributed by atoms with van der Waals surface area (Å²) in [6.45, 7) is 0. The second kappa shape index (κ2) is 14.6. The smallest absolute Gasteiger partial charge is 0.0764 e. The monoisotopic (exact) mass is 832 g/mol. The Morgan fingerprint density at radius 1 is 0.328 bits per heavy atom. The highest BCUT2D eigenvalue weighted by Crippen LogP contribution is 2.61. The van der Waals surface area contributed by atoms with Gasteiger partial charge in [-0.1, -0.05) is 188 Å². The summed E-state index contributed by atoms with van der Waals surface area (Å²) in [6, 6.07) is 89.4. The van der Waals surface area contributed by atoms with E-state index >= 15 is 0 Å². The Morgan fingerprint density at radius 3 is 1.45 bits per heavy atom. The highest BCUT2D eigenvalue weighted by Gasteiger charge is 2.49. The van der Waals surface area contributed by atoms with Crippen LogP contribution in [0.2, 0.25) is 0 Å². The average Bonchev–Trinajstić information content (AvgIpc) is 3.71. The molecular formula is C61H40N2S. The van der Waals surface area contributed by atoms with Gasteiger partial charge in [-0.05, 0) is 122 Å². The van der Waals surface area contributed by atoms with E-state index in [0.29, 0.717) is 0 Å². The van der Waals surface area contributed by atoms with Crippen LogP contribution in [0, 0.1) is 0 Å². The summed E-state index contributed by atoms with van der Waals surface area (Å²) in [7, 11) is 0. The summed E-state index contributed by atoms with van der Waals surface area (Å²) in [5.41, 5.74) is 19.1. The number of hydrogen-bond donors (Lipinski definition) is 0. The van der Waals surface area contributed by atoms with Crippen LogP contribution in [0.5, 0.6) is 0 Å². The molecule has 1 aromatic heterocycles. The van der Waals surface area contributed by atoms with Crippen molar-refractivity contribution in [2.45, 2.75) is 15.2 Å². The first kappa shape index (κ1) is 36.8. The number of anilines is 3. The van der Waals surface area contributed by atoms with Crippen molar-refractivity contribution in [3.05, 3.63) is 265 Å². The molecule has 64 heavy (non-hydrogen) atoms. The van der Waals surface area contributed by atoms with Crippen LogP contribution in [0.4, 0.5) is 17.1 Å². The van der Waals surface area contributed by atoms with Gasteiger partial charge in [-0.15, -0.1) is 0 Å². The van der Waals surface area contributed by atoms with E-state index in [2.05, 4.69) is 252 Å². The van der Waals surface area contributed by atoms with Gasteiger partial charge in [0.05, 0.1) is 22.1 Å². The number of rotatable bonds is 6. The van der Waals surface area contributed by atoms with Gasteiger partial charge < -0.3 is 9.47 Å². The molecule has 300 valence electrons. The standard InChI is InChI=1S/C61H40N2S/c1-3-14-41(15-4-1)43-26-33-47(34-27-43)62(48-35-28-44(29-36-48)42-16-5-2-6-17-42)49-37-30-45(31-38-49)46-32-39-59-55(40-46)61(53-21-9-12-25-58(53)64-59)52-20-8-11-24-57(52)63-56-23-10-7-18-50(56)51-19-13-22-54(61)60(51)63/h1-40H. The van der Waals surface area contributed by atoms with Crippen LogP contribution in [0.3, 0.4) is 0 Å². The normalized spacial score (nSPS) is 14.6. The van der Waals surface area contributed by atoms with Gasteiger partial charge in [0.15, 0.2) is 0 Å². The molecule has 0 aliphatic carbocycles. The lowest BCUT2D eigenvalue weighted by molar-refractivity contribution is 0.690.